The molecule has 0 radical (unpaired) electrons. The molecule has 0 unspecified atom stereocenters. The number of fused-ring (bicyclic) bond motifs is 1. The Morgan fingerprint density at radius 1 is 1.31 bits per heavy atom. The minimum absolute atomic E-state index is 0.343. The molecule has 2 rings (SSSR count). The van der Waals surface area contributed by atoms with Gasteiger partial charge in [-0.3, -0.25) is 0 Å². The maximum atomic E-state index is 9.52. The number of aryl methyl sites for hydroxylation is 1. The highest BCUT2D eigenvalue weighted by Gasteiger charge is 2.07. The summed E-state index contributed by atoms with van der Waals surface area (Å²) in [5, 5.41) is 10.8. The van der Waals surface area contributed by atoms with E-state index in [9.17, 15) is 5.11 Å². The molecule has 0 fully saturated rings. The van der Waals surface area contributed by atoms with Gasteiger partial charge in [0.05, 0.1) is 5.52 Å². The van der Waals surface area contributed by atoms with Gasteiger partial charge in [0, 0.05) is 29.9 Å². The normalized spacial score (nSPS) is 11.1. The fourth-order valence-corrected chi connectivity index (χ4v) is 2.60. The molecule has 0 bridgehead atoms. The lowest BCUT2D eigenvalue weighted by atomic mass is 10.2. The van der Waals surface area contributed by atoms with Gasteiger partial charge in [-0.25, -0.2) is 0 Å². The molecule has 1 aromatic heterocycles. The summed E-state index contributed by atoms with van der Waals surface area (Å²) in [6.45, 7) is 5.24. The van der Waals surface area contributed by atoms with Crippen LogP contribution in [0, 0.1) is 0 Å². The molecule has 0 atom stereocenters. The van der Waals surface area contributed by atoms with E-state index in [0.29, 0.717) is 5.75 Å². The summed E-state index contributed by atoms with van der Waals surface area (Å²) in [5.74, 6) is 2.52. The van der Waals surface area contributed by atoms with E-state index in [1.165, 1.54) is 10.9 Å². The van der Waals surface area contributed by atoms with Gasteiger partial charge in [-0.1, -0.05) is 6.92 Å². The van der Waals surface area contributed by atoms with Crippen LogP contribution in [0.25, 0.3) is 10.9 Å². The predicted octanol–water partition coefficient (Wildman–Crippen LogP) is 3.62. The second-order valence-electron chi connectivity index (χ2n) is 3.78. The van der Waals surface area contributed by atoms with E-state index < -0.39 is 0 Å². The van der Waals surface area contributed by atoms with E-state index >= 15 is 0 Å². The van der Waals surface area contributed by atoms with Crippen LogP contribution >= 0.6 is 11.8 Å². The summed E-state index contributed by atoms with van der Waals surface area (Å²) in [5.41, 5.74) is 2.50. The van der Waals surface area contributed by atoms with Gasteiger partial charge in [-0.2, -0.15) is 11.8 Å². The number of rotatable bonds is 4. The third-order valence-electron chi connectivity index (χ3n) is 2.75. The highest BCUT2D eigenvalue weighted by Crippen LogP contribution is 2.27. The Balaban J connectivity index is 2.50. The molecule has 1 aromatic carbocycles. The van der Waals surface area contributed by atoms with E-state index in [0.717, 1.165) is 23.6 Å². The van der Waals surface area contributed by atoms with Gasteiger partial charge in [-0.05, 0) is 30.4 Å². The zero-order valence-corrected chi connectivity index (χ0v) is 10.5. The number of hydrogen-bond donors (Lipinski definition) is 1. The fraction of sp³-hybridized carbons (Fsp3) is 0.385. The first-order chi connectivity index (χ1) is 7.76. The van der Waals surface area contributed by atoms with Gasteiger partial charge in [0.25, 0.3) is 0 Å². The van der Waals surface area contributed by atoms with Crippen LogP contribution in [0.1, 0.15) is 19.4 Å². The van der Waals surface area contributed by atoms with Crippen LogP contribution in [0.4, 0.5) is 0 Å². The predicted molar refractivity (Wildman–Crippen MR) is 71.1 cm³/mol. The summed E-state index contributed by atoms with van der Waals surface area (Å²) in [4.78, 5) is 0. The smallest absolute Gasteiger partial charge is 0.117 e. The first kappa shape index (κ1) is 11.4. The molecule has 2 nitrogen and oxygen atoms in total. The molecule has 0 aliphatic carbocycles. The molecule has 1 heterocycles. The van der Waals surface area contributed by atoms with Crippen molar-refractivity contribution in [1.29, 1.82) is 0 Å². The number of aromatic hydroxyl groups is 1. The number of phenolic OH excluding ortho intramolecular Hbond substituents is 1. The highest BCUT2D eigenvalue weighted by atomic mass is 32.2. The summed E-state index contributed by atoms with van der Waals surface area (Å²) in [6.07, 6.45) is 2.20. The minimum Gasteiger partial charge on any atom is -0.508 e. The Morgan fingerprint density at radius 2 is 2.12 bits per heavy atom. The monoisotopic (exact) mass is 235 g/mol. The number of hydrogen-bond acceptors (Lipinski definition) is 2. The van der Waals surface area contributed by atoms with Crippen molar-refractivity contribution in [3.63, 3.8) is 0 Å². The average molecular weight is 235 g/mol. The van der Waals surface area contributed by atoms with Gasteiger partial charge in [0.15, 0.2) is 0 Å². The van der Waals surface area contributed by atoms with Gasteiger partial charge in [-0.15, -0.1) is 0 Å². The molecule has 3 heteroatoms. The first-order valence-corrected chi connectivity index (χ1v) is 6.80. The van der Waals surface area contributed by atoms with Crippen LogP contribution in [0.5, 0.6) is 5.75 Å². The average Bonchev–Trinajstić information content (AvgIpc) is 2.63. The van der Waals surface area contributed by atoms with Crippen molar-refractivity contribution in [1.82, 2.24) is 4.57 Å². The van der Waals surface area contributed by atoms with Crippen molar-refractivity contribution in [3.05, 3.63) is 30.0 Å². The Morgan fingerprint density at radius 3 is 2.81 bits per heavy atom. The number of aromatic nitrogens is 1. The molecule has 0 aliphatic heterocycles. The van der Waals surface area contributed by atoms with Crippen LogP contribution in [0.2, 0.25) is 0 Å². The topological polar surface area (TPSA) is 25.2 Å². The second-order valence-corrected chi connectivity index (χ2v) is 5.05. The van der Waals surface area contributed by atoms with Crippen LogP contribution in [0.3, 0.4) is 0 Å². The van der Waals surface area contributed by atoms with Crippen LogP contribution < -0.4 is 0 Å². The van der Waals surface area contributed by atoms with Crippen LogP contribution in [-0.2, 0) is 12.3 Å². The van der Waals surface area contributed by atoms with Crippen molar-refractivity contribution in [2.75, 3.05) is 5.75 Å². The van der Waals surface area contributed by atoms with Gasteiger partial charge in [0.2, 0.25) is 0 Å². The molecule has 0 aliphatic rings. The SMILES string of the molecule is CCSCc1cn(CC)c2cc(O)ccc12. The maximum absolute atomic E-state index is 9.52. The number of thioether (sulfide) groups is 1. The second kappa shape index (κ2) is 4.83. The first-order valence-electron chi connectivity index (χ1n) is 5.64. The number of benzene rings is 1. The molecule has 2 aromatic rings. The van der Waals surface area contributed by atoms with Crippen molar-refractivity contribution >= 4 is 22.7 Å². The molecular formula is C13H17NOS. The third-order valence-corrected chi connectivity index (χ3v) is 3.67. The zero-order valence-electron chi connectivity index (χ0n) is 9.73. The number of phenols is 1. The van der Waals surface area contributed by atoms with E-state index in [4.69, 9.17) is 0 Å². The zero-order chi connectivity index (χ0) is 11.5. The van der Waals surface area contributed by atoms with Gasteiger partial charge in [0.1, 0.15) is 5.75 Å². The Labute approximate surface area is 100 Å². The maximum Gasteiger partial charge on any atom is 0.117 e. The molecule has 16 heavy (non-hydrogen) atoms. The van der Waals surface area contributed by atoms with Gasteiger partial charge < -0.3 is 9.67 Å². The van der Waals surface area contributed by atoms with E-state index in [1.807, 2.05) is 23.9 Å². The Bertz CT molecular complexity index is 490. The largest absolute Gasteiger partial charge is 0.508 e. The van der Waals surface area contributed by atoms with Crippen LogP contribution in [0.15, 0.2) is 24.4 Å². The minimum atomic E-state index is 0.343. The fourth-order valence-electron chi connectivity index (χ4n) is 1.95. The molecule has 0 saturated carbocycles. The van der Waals surface area contributed by atoms with Crippen molar-refractivity contribution in [3.8, 4) is 5.75 Å². The molecule has 0 amide bonds. The number of nitrogens with zero attached hydrogens (tertiary/aromatic N) is 1. The highest BCUT2D eigenvalue weighted by molar-refractivity contribution is 7.98. The van der Waals surface area contributed by atoms with Gasteiger partial charge >= 0.3 is 0 Å². The third kappa shape index (κ3) is 2.05. The lowest BCUT2D eigenvalue weighted by Gasteiger charge is -2.00. The Hall–Kier alpha value is -1.09. The Kier molecular flexibility index (Phi) is 3.44. The quantitative estimate of drug-likeness (QED) is 0.875. The molecule has 0 saturated heterocycles. The summed E-state index contributed by atoms with van der Waals surface area (Å²) in [7, 11) is 0. The van der Waals surface area contributed by atoms with Crippen LogP contribution in [-0.4, -0.2) is 15.4 Å². The molecule has 86 valence electrons. The summed E-state index contributed by atoms with van der Waals surface area (Å²) >= 11 is 1.93. The van der Waals surface area contributed by atoms with E-state index in [2.05, 4.69) is 24.6 Å². The van der Waals surface area contributed by atoms with Crippen molar-refractivity contribution < 1.29 is 5.11 Å². The summed E-state index contributed by atoms with van der Waals surface area (Å²) < 4.78 is 2.20. The van der Waals surface area contributed by atoms with Crippen molar-refractivity contribution in [2.45, 2.75) is 26.1 Å². The molecule has 1 N–H and O–H groups in total. The molecular weight excluding hydrogens is 218 g/mol. The van der Waals surface area contributed by atoms with E-state index in [1.54, 1.807) is 6.07 Å². The molecule has 0 spiro atoms. The van der Waals surface area contributed by atoms with Crippen molar-refractivity contribution in [2.24, 2.45) is 0 Å². The summed E-state index contributed by atoms with van der Waals surface area (Å²) in [6, 6.07) is 5.63. The lowest BCUT2D eigenvalue weighted by Crippen LogP contribution is -1.90. The lowest BCUT2D eigenvalue weighted by molar-refractivity contribution is 0.476. The van der Waals surface area contributed by atoms with E-state index in [-0.39, 0.29) is 0 Å². The standard InChI is InChI=1S/C13H17NOS/c1-3-14-8-10(9-16-4-2)12-6-5-11(15)7-13(12)14/h5-8,15H,3-4,9H2,1-2H3.